The lowest BCUT2D eigenvalue weighted by Gasteiger charge is -2.43. The summed E-state index contributed by atoms with van der Waals surface area (Å²) >= 11 is 0. The third kappa shape index (κ3) is 7.60. The first kappa shape index (κ1) is 28.2. The number of nitrogens with zero attached hydrogens (tertiary/aromatic N) is 3. The number of likely N-dealkylation sites (tertiary alicyclic amines) is 1. The summed E-state index contributed by atoms with van der Waals surface area (Å²) in [6.07, 6.45) is 1.28. The van der Waals surface area contributed by atoms with Gasteiger partial charge in [-0.15, -0.1) is 0 Å². The van der Waals surface area contributed by atoms with E-state index in [0.717, 1.165) is 56.9 Å². The number of nitrogens with one attached hydrogen (secondary N) is 1. The molecule has 38 heavy (non-hydrogen) atoms. The summed E-state index contributed by atoms with van der Waals surface area (Å²) < 4.78 is 19.1. The van der Waals surface area contributed by atoms with Crippen LogP contribution >= 0.6 is 0 Å². The first-order chi connectivity index (χ1) is 18.4. The maximum Gasteiger partial charge on any atom is 0.254 e. The molecule has 8 nitrogen and oxygen atoms in total. The van der Waals surface area contributed by atoms with Crippen molar-refractivity contribution in [1.29, 1.82) is 0 Å². The van der Waals surface area contributed by atoms with E-state index in [4.69, 9.17) is 10.5 Å². The van der Waals surface area contributed by atoms with E-state index < -0.39 is 6.04 Å². The Hall–Kier alpha value is -2.85. The number of halogens is 1. The lowest BCUT2D eigenvalue weighted by molar-refractivity contribution is -0.127. The number of piperidine rings is 1. The molecule has 2 aliphatic rings. The fraction of sp³-hybridized carbons (Fsp3) is 0.517. The van der Waals surface area contributed by atoms with Crippen LogP contribution in [-0.2, 0) is 16.1 Å². The molecule has 2 heterocycles. The van der Waals surface area contributed by atoms with E-state index in [9.17, 15) is 14.0 Å². The third-order valence-corrected chi connectivity index (χ3v) is 7.50. The highest BCUT2D eigenvalue weighted by molar-refractivity contribution is 5.97. The molecule has 9 heteroatoms. The van der Waals surface area contributed by atoms with Crippen molar-refractivity contribution in [2.24, 2.45) is 5.73 Å². The minimum atomic E-state index is -0.590. The molecule has 0 bridgehead atoms. The Morgan fingerprint density at radius 1 is 1.08 bits per heavy atom. The molecule has 2 aromatic rings. The summed E-state index contributed by atoms with van der Waals surface area (Å²) in [6.45, 7) is 8.79. The van der Waals surface area contributed by atoms with Crippen LogP contribution in [0.3, 0.4) is 0 Å². The van der Waals surface area contributed by atoms with Crippen molar-refractivity contribution in [3.8, 4) is 0 Å². The zero-order valence-electron chi connectivity index (χ0n) is 22.3. The molecule has 0 radical (unpaired) electrons. The number of amides is 2. The van der Waals surface area contributed by atoms with E-state index in [1.165, 1.54) is 12.1 Å². The van der Waals surface area contributed by atoms with Crippen LogP contribution in [0.1, 0.15) is 34.3 Å². The number of aryl methyl sites for hydroxylation is 1. The number of carbonyl (C=O) groups is 2. The van der Waals surface area contributed by atoms with Gasteiger partial charge in [0.1, 0.15) is 11.9 Å². The Morgan fingerprint density at radius 3 is 2.47 bits per heavy atom. The van der Waals surface area contributed by atoms with E-state index in [1.54, 1.807) is 4.90 Å². The average Bonchev–Trinajstić information content (AvgIpc) is 2.95. The van der Waals surface area contributed by atoms with Gasteiger partial charge >= 0.3 is 0 Å². The van der Waals surface area contributed by atoms with E-state index in [0.29, 0.717) is 38.2 Å². The molecule has 0 spiro atoms. The van der Waals surface area contributed by atoms with Gasteiger partial charge in [0, 0.05) is 64.0 Å². The van der Waals surface area contributed by atoms with E-state index >= 15 is 0 Å². The first-order valence-corrected chi connectivity index (χ1v) is 13.6. The van der Waals surface area contributed by atoms with Gasteiger partial charge in [-0.05, 0) is 49.6 Å². The SMILES string of the molecule is Cc1ccc(C(=O)N2CCC(N(CCN3CCOCC3)Cc3ccc(F)cc3)C[C@@H]2C(=O)NCCN)cc1. The van der Waals surface area contributed by atoms with Gasteiger partial charge in [0.25, 0.3) is 5.91 Å². The molecule has 1 unspecified atom stereocenters. The van der Waals surface area contributed by atoms with Gasteiger partial charge in [0.2, 0.25) is 5.91 Å². The molecule has 0 aromatic heterocycles. The van der Waals surface area contributed by atoms with Gasteiger partial charge in [-0.1, -0.05) is 29.8 Å². The van der Waals surface area contributed by atoms with Crippen LogP contribution in [0.2, 0.25) is 0 Å². The predicted molar refractivity (Wildman–Crippen MR) is 145 cm³/mol. The van der Waals surface area contributed by atoms with E-state index in [1.807, 2.05) is 43.3 Å². The van der Waals surface area contributed by atoms with Crippen LogP contribution in [-0.4, -0.2) is 97.6 Å². The first-order valence-electron chi connectivity index (χ1n) is 13.6. The van der Waals surface area contributed by atoms with Gasteiger partial charge in [-0.2, -0.15) is 0 Å². The van der Waals surface area contributed by atoms with Crippen LogP contribution in [0.4, 0.5) is 4.39 Å². The molecule has 206 valence electrons. The monoisotopic (exact) mass is 525 g/mol. The Morgan fingerprint density at radius 2 is 1.79 bits per heavy atom. The molecule has 2 aromatic carbocycles. The number of rotatable bonds is 10. The van der Waals surface area contributed by atoms with Crippen LogP contribution < -0.4 is 11.1 Å². The fourth-order valence-corrected chi connectivity index (χ4v) is 5.25. The molecule has 2 fully saturated rings. The van der Waals surface area contributed by atoms with Crippen molar-refractivity contribution in [3.05, 3.63) is 71.0 Å². The highest BCUT2D eigenvalue weighted by Crippen LogP contribution is 2.26. The molecule has 4 rings (SSSR count). The van der Waals surface area contributed by atoms with Crippen molar-refractivity contribution < 1.29 is 18.7 Å². The average molecular weight is 526 g/mol. The molecule has 2 atom stereocenters. The second-order valence-corrected chi connectivity index (χ2v) is 10.2. The predicted octanol–water partition coefficient (Wildman–Crippen LogP) is 2.02. The Labute approximate surface area is 224 Å². The van der Waals surface area contributed by atoms with Crippen LogP contribution in [0, 0.1) is 12.7 Å². The number of hydrogen-bond acceptors (Lipinski definition) is 6. The van der Waals surface area contributed by atoms with Gasteiger partial charge in [-0.3, -0.25) is 19.4 Å². The Bertz CT molecular complexity index is 1040. The van der Waals surface area contributed by atoms with Gasteiger partial charge in [0.05, 0.1) is 13.2 Å². The number of nitrogens with two attached hydrogens (primary N) is 1. The smallest absolute Gasteiger partial charge is 0.254 e. The number of carbonyl (C=O) groups excluding carboxylic acids is 2. The zero-order chi connectivity index (χ0) is 26.9. The van der Waals surface area contributed by atoms with Crippen LogP contribution in [0.15, 0.2) is 48.5 Å². The topological polar surface area (TPSA) is 91.1 Å². The summed E-state index contributed by atoms with van der Waals surface area (Å²) in [4.78, 5) is 33.3. The molecule has 2 saturated heterocycles. The summed E-state index contributed by atoms with van der Waals surface area (Å²) in [5, 5.41) is 2.91. The molecular formula is C29H40FN5O3. The summed E-state index contributed by atoms with van der Waals surface area (Å²) in [6, 6.07) is 13.6. The maximum absolute atomic E-state index is 13.6. The lowest BCUT2D eigenvalue weighted by atomic mass is 9.93. The number of morpholine rings is 1. The van der Waals surface area contributed by atoms with Crippen LogP contribution in [0.25, 0.3) is 0 Å². The summed E-state index contributed by atoms with van der Waals surface area (Å²) in [5.74, 6) is -0.557. The quantitative estimate of drug-likeness (QED) is 0.493. The number of hydrogen-bond donors (Lipinski definition) is 2. The van der Waals surface area contributed by atoms with Gasteiger partial charge in [0.15, 0.2) is 0 Å². The molecular weight excluding hydrogens is 485 g/mol. The summed E-state index contributed by atoms with van der Waals surface area (Å²) in [5.41, 5.74) is 8.33. The number of benzene rings is 2. The van der Waals surface area contributed by atoms with Crippen molar-refractivity contribution in [2.75, 3.05) is 59.0 Å². The second kappa shape index (κ2) is 13.8. The number of ether oxygens (including phenoxy) is 1. The molecule has 3 N–H and O–H groups in total. The Balaban J connectivity index is 1.52. The van der Waals surface area contributed by atoms with E-state index in [-0.39, 0.29) is 23.7 Å². The molecule has 2 amide bonds. The largest absolute Gasteiger partial charge is 0.379 e. The van der Waals surface area contributed by atoms with Gasteiger partial charge < -0.3 is 20.7 Å². The van der Waals surface area contributed by atoms with Crippen molar-refractivity contribution in [3.63, 3.8) is 0 Å². The Kier molecular flexibility index (Phi) is 10.2. The molecule has 0 saturated carbocycles. The summed E-state index contributed by atoms with van der Waals surface area (Å²) in [7, 11) is 0. The van der Waals surface area contributed by atoms with Crippen LogP contribution in [0.5, 0.6) is 0 Å². The third-order valence-electron chi connectivity index (χ3n) is 7.50. The molecule has 0 aliphatic carbocycles. The minimum Gasteiger partial charge on any atom is -0.379 e. The fourth-order valence-electron chi connectivity index (χ4n) is 5.25. The van der Waals surface area contributed by atoms with Crippen molar-refractivity contribution >= 4 is 11.8 Å². The zero-order valence-corrected chi connectivity index (χ0v) is 22.3. The maximum atomic E-state index is 13.6. The van der Waals surface area contributed by atoms with Crippen molar-refractivity contribution in [2.45, 2.75) is 38.4 Å². The van der Waals surface area contributed by atoms with E-state index in [2.05, 4.69) is 15.1 Å². The molecule has 2 aliphatic heterocycles. The lowest BCUT2D eigenvalue weighted by Crippen LogP contribution is -2.58. The van der Waals surface area contributed by atoms with Gasteiger partial charge in [-0.25, -0.2) is 4.39 Å². The highest BCUT2D eigenvalue weighted by atomic mass is 19.1. The van der Waals surface area contributed by atoms with Crippen molar-refractivity contribution in [1.82, 2.24) is 20.0 Å². The highest BCUT2D eigenvalue weighted by Gasteiger charge is 2.38. The second-order valence-electron chi connectivity index (χ2n) is 10.2. The standard InChI is InChI=1S/C29H40FN5O3/c1-22-2-6-24(7-3-22)29(37)35-13-10-26(20-27(35)28(36)32-12-11-31)34(15-14-33-16-18-38-19-17-33)21-23-4-8-25(30)9-5-23/h2-9,26-27H,10-21,31H2,1H3,(H,32,36)/t26?,27-/m1/s1. The normalized spacial score (nSPS) is 20.5. The minimum absolute atomic E-state index is 0.0942.